The number of nitrogens with zero attached hydrogens (tertiary/aromatic N) is 2. The number of hydrogen-bond donors (Lipinski definition) is 1. The van der Waals surface area contributed by atoms with Gasteiger partial charge >= 0.3 is 0 Å². The van der Waals surface area contributed by atoms with Crippen molar-refractivity contribution in [1.29, 1.82) is 0 Å². The third kappa shape index (κ3) is 3.91. The van der Waals surface area contributed by atoms with E-state index in [1.807, 2.05) is 13.8 Å². The van der Waals surface area contributed by atoms with Gasteiger partial charge < -0.3 is 5.73 Å². The van der Waals surface area contributed by atoms with Gasteiger partial charge in [0.05, 0.1) is 11.9 Å². The van der Waals surface area contributed by atoms with Crippen molar-refractivity contribution in [2.24, 2.45) is 0 Å². The second-order valence-electron chi connectivity index (χ2n) is 2.19. The van der Waals surface area contributed by atoms with Crippen LogP contribution in [0.5, 0.6) is 0 Å². The van der Waals surface area contributed by atoms with E-state index in [1.165, 1.54) is 0 Å². The molecule has 0 bridgehead atoms. The van der Waals surface area contributed by atoms with Crippen LogP contribution in [0, 0.1) is 0 Å². The van der Waals surface area contributed by atoms with Crippen molar-refractivity contribution < 1.29 is 0 Å². The lowest BCUT2D eigenvalue weighted by Gasteiger charge is -1.96. The van der Waals surface area contributed by atoms with Crippen LogP contribution >= 0.6 is 0 Å². The van der Waals surface area contributed by atoms with E-state index in [0.717, 1.165) is 18.5 Å². The number of nitrogen functional groups attached to an aromatic ring is 1. The Balaban J connectivity index is 0.000000561. The van der Waals surface area contributed by atoms with Crippen LogP contribution in [-0.4, -0.2) is 9.97 Å². The summed E-state index contributed by atoms with van der Waals surface area (Å²) in [5.41, 5.74) is 6.39. The quantitative estimate of drug-likeness (QED) is 0.733. The van der Waals surface area contributed by atoms with E-state index < -0.39 is 0 Å². The van der Waals surface area contributed by atoms with Gasteiger partial charge in [-0.05, 0) is 6.42 Å². The molecule has 3 heteroatoms. The van der Waals surface area contributed by atoms with E-state index in [1.54, 1.807) is 12.4 Å². The van der Waals surface area contributed by atoms with Gasteiger partial charge in [0.1, 0.15) is 5.82 Å². The van der Waals surface area contributed by atoms with Crippen molar-refractivity contribution in [3.05, 3.63) is 18.1 Å². The molecule has 0 aromatic carbocycles. The average Bonchev–Trinajstić information content (AvgIpc) is 2.09. The third-order valence-electron chi connectivity index (χ3n) is 1.21. The molecule has 0 saturated heterocycles. The first kappa shape index (κ1) is 10.9. The summed E-state index contributed by atoms with van der Waals surface area (Å²) in [4.78, 5) is 7.99. The summed E-state index contributed by atoms with van der Waals surface area (Å²) in [6.07, 6.45) is 5.34. The van der Waals surface area contributed by atoms with E-state index in [0.29, 0.717) is 5.82 Å². The molecule has 12 heavy (non-hydrogen) atoms. The molecule has 0 aliphatic heterocycles. The van der Waals surface area contributed by atoms with Crippen molar-refractivity contribution in [2.75, 3.05) is 5.73 Å². The molecule has 1 heterocycles. The van der Waals surface area contributed by atoms with Crippen molar-refractivity contribution >= 4 is 5.82 Å². The fraction of sp³-hybridized carbons (Fsp3) is 0.556. The summed E-state index contributed by atoms with van der Waals surface area (Å²) in [6, 6.07) is 0. The Morgan fingerprint density at radius 2 is 2.00 bits per heavy atom. The fourth-order valence-electron chi connectivity index (χ4n) is 0.800. The minimum absolute atomic E-state index is 0.506. The maximum atomic E-state index is 5.42. The minimum Gasteiger partial charge on any atom is -0.382 e. The summed E-state index contributed by atoms with van der Waals surface area (Å²) >= 11 is 0. The summed E-state index contributed by atoms with van der Waals surface area (Å²) in [6.45, 7) is 6.10. The topological polar surface area (TPSA) is 51.8 Å². The number of anilines is 1. The van der Waals surface area contributed by atoms with Crippen molar-refractivity contribution in [3.8, 4) is 0 Å². The number of aryl methyl sites for hydroxylation is 1. The van der Waals surface area contributed by atoms with Crippen LogP contribution in [0.2, 0.25) is 0 Å². The predicted molar refractivity (Wildman–Crippen MR) is 51.8 cm³/mol. The van der Waals surface area contributed by atoms with Crippen molar-refractivity contribution in [1.82, 2.24) is 9.97 Å². The highest BCUT2D eigenvalue weighted by Crippen LogP contribution is 1.99. The second kappa shape index (κ2) is 6.58. The van der Waals surface area contributed by atoms with E-state index in [-0.39, 0.29) is 0 Å². The van der Waals surface area contributed by atoms with Crippen LogP contribution in [-0.2, 0) is 6.42 Å². The molecule has 1 aromatic rings. The predicted octanol–water partition coefficient (Wildman–Crippen LogP) is 2.04. The third-order valence-corrected chi connectivity index (χ3v) is 1.21. The van der Waals surface area contributed by atoms with Gasteiger partial charge in [-0.25, -0.2) is 4.98 Å². The molecule has 0 saturated carbocycles. The summed E-state index contributed by atoms with van der Waals surface area (Å²) in [5, 5.41) is 0. The highest BCUT2D eigenvalue weighted by atomic mass is 14.9. The van der Waals surface area contributed by atoms with Gasteiger partial charge in [0, 0.05) is 6.20 Å². The van der Waals surface area contributed by atoms with Crippen LogP contribution in [0.1, 0.15) is 32.9 Å². The Morgan fingerprint density at radius 1 is 1.33 bits per heavy atom. The Bertz CT molecular complexity index is 211. The van der Waals surface area contributed by atoms with Crippen molar-refractivity contribution in [2.45, 2.75) is 33.6 Å². The zero-order chi connectivity index (χ0) is 9.40. The molecular weight excluding hydrogens is 150 g/mol. The molecule has 0 amide bonds. The molecule has 1 rings (SSSR count). The van der Waals surface area contributed by atoms with E-state index in [2.05, 4.69) is 16.9 Å². The first-order chi connectivity index (χ1) is 5.83. The highest BCUT2D eigenvalue weighted by molar-refractivity contribution is 5.23. The van der Waals surface area contributed by atoms with Gasteiger partial charge in [-0.15, -0.1) is 0 Å². The van der Waals surface area contributed by atoms with Crippen LogP contribution in [0.3, 0.4) is 0 Å². The van der Waals surface area contributed by atoms with Crippen LogP contribution < -0.4 is 5.73 Å². The molecule has 0 fully saturated rings. The van der Waals surface area contributed by atoms with Gasteiger partial charge in [0.15, 0.2) is 0 Å². The van der Waals surface area contributed by atoms with Crippen LogP contribution in [0.15, 0.2) is 12.4 Å². The summed E-state index contributed by atoms with van der Waals surface area (Å²) in [5.74, 6) is 0.506. The first-order valence-corrected chi connectivity index (χ1v) is 4.39. The number of aromatic nitrogens is 2. The zero-order valence-corrected chi connectivity index (χ0v) is 8.04. The van der Waals surface area contributed by atoms with Crippen LogP contribution in [0.25, 0.3) is 0 Å². The molecular formula is C9H17N3. The molecule has 1 aromatic heterocycles. The lowest BCUT2D eigenvalue weighted by Crippen LogP contribution is -1.96. The van der Waals surface area contributed by atoms with Crippen molar-refractivity contribution in [3.63, 3.8) is 0 Å². The Labute approximate surface area is 74.0 Å². The smallest absolute Gasteiger partial charge is 0.142 e. The van der Waals surface area contributed by atoms with Gasteiger partial charge in [-0.1, -0.05) is 27.2 Å². The van der Waals surface area contributed by atoms with Gasteiger partial charge in [-0.3, -0.25) is 4.98 Å². The number of rotatable bonds is 2. The normalized spacial score (nSPS) is 8.58. The molecule has 0 radical (unpaired) electrons. The number of hydrogen-bond acceptors (Lipinski definition) is 3. The largest absolute Gasteiger partial charge is 0.382 e. The van der Waals surface area contributed by atoms with Crippen LogP contribution in [0.4, 0.5) is 5.82 Å². The average molecular weight is 167 g/mol. The number of nitrogens with two attached hydrogens (primary N) is 1. The maximum Gasteiger partial charge on any atom is 0.142 e. The first-order valence-electron chi connectivity index (χ1n) is 4.39. The highest BCUT2D eigenvalue weighted by Gasteiger charge is 1.92. The molecule has 0 aliphatic carbocycles. The molecule has 3 nitrogen and oxygen atoms in total. The lowest BCUT2D eigenvalue weighted by atomic mass is 10.3. The molecule has 2 N–H and O–H groups in total. The Hall–Kier alpha value is -1.12. The second-order valence-corrected chi connectivity index (χ2v) is 2.19. The SMILES string of the molecule is CC.CCCc1cncc(N)n1. The molecule has 0 unspecified atom stereocenters. The fourth-order valence-corrected chi connectivity index (χ4v) is 0.800. The summed E-state index contributed by atoms with van der Waals surface area (Å²) < 4.78 is 0. The molecule has 68 valence electrons. The standard InChI is InChI=1S/C7H11N3.C2H6/c1-2-3-6-4-9-5-7(8)10-6;1-2/h4-5H,2-3H2,1H3,(H2,8,10);1-2H3. The molecule has 0 spiro atoms. The Kier molecular flexibility index (Phi) is 5.97. The molecule has 0 aliphatic rings. The lowest BCUT2D eigenvalue weighted by molar-refractivity contribution is 0.873. The van der Waals surface area contributed by atoms with Gasteiger partial charge in [0.2, 0.25) is 0 Å². The molecule has 0 atom stereocenters. The van der Waals surface area contributed by atoms with E-state index >= 15 is 0 Å². The zero-order valence-electron chi connectivity index (χ0n) is 8.04. The summed E-state index contributed by atoms with van der Waals surface area (Å²) in [7, 11) is 0. The monoisotopic (exact) mass is 167 g/mol. The van der Waals surface area contributed by atoms with E-state index in [9.17, 15) is 0 Å². The van der Waals surface area contributed by atoms with Gasteiger partial charge in [0.25, 0.3) is 0 Å². The maximum absolute atomic E-state index is 5.42. The van der Waals surface area contributed by atoms with E-state index in [4.69, 9.17) is 5.73 Å². The van der Waals surface area contributed by atoms with Gasteiger partial charge in [-0.2, -0.15) is 0 Å². The minimum atomic E-state index is 0.506. The Morgan fingerprint density at radius 3 is 2.50 bits per heavy atom.